The van der Waals surface area contributed by atoms with E-state index in [1.165, 1.54) is 38.8 Å². The van der Waals surface area contributed by atoms with Crippen molar-refractivity contribution in [2.24, 2.45) is 0 Å². The average Bonchev–Trinajstić information content (AvgIpc) is 2.60. The van der Waals surface area contributed by atoms with Crippen molar-refractivity contribution >= 4 is 11.4 Å². The molecule has 4 heteroatoms. The van der Waals surface area contributed by atoms with Gasteiger partial charge in [-0.05, 0) is 32.0 Å². The molecule has 0 amide bonds. The molecule has 94 valence electrons. The average molecular weight is 234 g/mol. The summed E-state index contributed by atoms with van der Waals surface area (Å²) in [6.45, 7) is 4.54. The Morgan fingerprint density at radius 2 is 2.00 bits per heavy atom. The highest BCUT2D eigenvalue weighted by atomic mass is 15.1. The van der Waals surface area contributed by atoms with Gasteiger partial charge in [0.2, 0.25) is 0 Å². The van der Waals surface area contributed by atoms with Crippen LogP contribution >= 0.6 is 0 Å². The maximum Gasteiger partial charge on any atom is 0.0736 e. The van der Waals surface area contributed by atoms with Crippen LogP contribution < -0.4 is 11.1 Å². The summed E-state index contributed by atoms with van der Waals surface area (Å²) in [6.07, 6.45) is 8.93. The van der Waals surface area contributed by atoms with E-state index in [1.807, 2.05) is 6.07 Å². The van der Waals surface area contributed by atoms with Crippen LogP contribution in [0.3, 0.4) is 0 Å². The number of nitrogens with two attached hydrogens (primary N) is 1. The Hall–Kier alpha value is -1.29. The third kappa shape index (κ3) is 3.89. The molecular formula is C13H22N4. The van der Waals surface area contributed by atoms with Gasteiger partial charge in [0.25, 0.3) is 0 Å². The molecular weight excluding hydrogens is 212 g/mol. The van der Waals surface area contributed by atoms with Crippen molar-refractivity contribution < 1.29 is 0 Å². The van der Waals surface area contributed by atoms with Gasteiger partial charge in [0.1, 0.15) is 0 Å². The fourth-order valence-electron chi connectivity index (χ4n) is 2.28. The molecule has 17 heavy (non-hydrogen) atoms. The van der Waals surface area contributed by atoms with Crippen LogP contribution in [0.5, 0.6) is 0 Å². The van der Waals surface area contributed by atoms with Gasteiger partial charge in [0.05, 0.1) is 17.6 Å². The second-order valence-corrected chi connectivity index (χ2v) is 4.65. The molecule has 3 N–H and O–H groups in total. The van der Waals surface area contributed by atoms with Crippen LogP contribution in [0.1, 0.15) is 25.7 Å². The summed E-state index contributed by atoms with van der Waals surface area (Å²) in [5.41, 5.74) is 7.55. The number of rotatable bonds is 4. The van der Waals surface area contributed by atoms with E-state index in [-0.39, 0.29) is 0 Å². The first kappa shape index (κ1) is 12.2. The molecule has 1 aromatic rings. The monoisotopic (exact) mass is 234 g/mol. The standard InChI is InChI=1S/C13H22N4/c14-12-11-15-6-5-13(12)16-7-10-17-8-3-1-2-4-9-17/h5-6,11H,1-4,7-10,14H2,(H,15,16). The smallest absolute Gasteiger partial charge is 0.0736 e. The zero-order valence-corrected chi connectivity index (χ0v) is 10.4. The molecule has 1 aromatic heterocycles. The number of hydrogen-bond donors (Lipinski definition) is 2. The minimum Gasteiger partial charge on any atom is -0.396 e. The largest absolute Gasteiger partial charge is 0.396 e. The molecule has 2 heterocycles. The van der Waals surface area contributed by atoms with E-state index in [9.17, 15) is 0 Å². The molecule has 0 spiro atoms. The first-order valence-electron chi connectivity index (χ1n) is 6.52. The molecule has 1 aliphatic heterocycles. The summed E-state index contributed by atoms with van der Waals surface area (Å²) in [7, 11) is 0. The van der Waals surface area contributed by atoms with Crippen LogP contribution in [0, 0.1) is 0 Å². The lowest BCUT2D eigenvalue weighted by Crippen LogP contribution is -2.30. The van der Waals surface area contributed by atoms with Crippen molar-refractivity contribution in [2.45, 2.75) is 25.7 Å². The molecule has 2 rings (SSSR count). The first-order valence-corrected chi connectivity index (χ1v) is 6.52. The second-order valence-electron chi connectivity index (χ2n) is 4.65. The van der Waals surface area contributed by atoms with Gasteiger partial charge in [-0.15, -0.1) is 0 Å². The SMILES string of the molecule is Nc1cnccc1NCCN1CCCCCC1. The Kier molecular flexibility index (Phi) is 4.62. The van der Waals surface area contributed by atoms with Gasteiger partial charge >= 0.3 is 0 Å². The van der Waals surface area contributed by atoms with Crippen molar-refractivity contribution in [1.29, 1.82) is 0 Å². The predicted molar refractivity (Wildman–Crippen MR) is 72.0 cm³/mol. The predicted octanol–water partition coefficient (Wildman–Crippen LogP) is 1.95. The molecule has 0 aliphatic carbocycles. The van der Waals surface area contributed by atoms with E-state index in [4.69, 9.17) is 5.73 Å². The maximum absolute atomic E-state index is 5.83. The third-order valence-corrected chi connectivity index (χ3v) is 3.29. The normalized spacial score (nSPS) is 17.6. The van der Waals surface area contributed by atoms with Crippen LogP contribution in [0.4, 0.5) is 11.4 Å². The fraction of sp³-hybridized carbons (Fsp3) is 0.615. The zero-order valence-electron chi connectivity index (χ0n) is 10.4. The number of nitrogens with one attached hydrogen (secondary N) is 1. The van der Waals surface area contributed by atoms with E-state index in [2.05, 4.69) is 15.2 Å². The quantitative estimate of drug-likeness (QED) is 0.836. The van der Waals surface area contributed by atoms with Gasteiger partial charge in [-0.1, -0.05) is 12.8 Å². The fourth-order valence-corrected chi connectivity index (χ4v) is 2.28. The van der Waals surface area contributed by atoms with Gasteiger partial charge in [0.15, 0.2) is 0 Å². The molecule has 0 bridgehead atoms. The topological polar surface area (TPSA) is 54.2 Å². The Bertz CT molecular complexity index is 332. The summed E-state index contributed by atoms with van der Waals surface area (Å²) in [6, 6.07) is 1.93. The van der Waals surface area contributed by atoms with Gasteiger partial charge in [-0.3, -0.25) is 4.98 Å². The van der Waals surface area contributed by atoms with Gasteiger partial charge in [-0.2, -0.15) is 0 Å². The van der Waals surface area contributed by atoms with Crippen LogP contribution in [0.25, 0.3) is 0 Å². The lowest BCUT2D eigenvalue weighted by Gasteiger charge is -2.20. The van der Waals surface area contributed by atoms with Gasteiger partial charge < -0.3 is 16.0 Å². The Morgan fingerprint density at radius 1 is 1.24 bits per heavy atom. The lowest BCUT2D eigenvalue weighted by atomic mass is 10.2. The number of pyridine rings is 1. The van der Waals surface area contributed by atoms with Gasteiger partial charge in [-0.25, -0.2) is 0 Å². The van der Waals surface area contributed by atoms with Crippen molar-refractivity contribution in [3.05, 3.63) is 18.5 Å². The Balaban J connectivity index is 1.73. The number of nitrogens with zero attached hydrogens (tertiary/aromatic N) is 2. The molecule has 1 fully saturated rings. The van der Waals surface area contributed by atoms with Crippen molar-refractivity contribution in [1.82, 2.24) is 9.88 Å². The summed E-state index contributed by atoms with van der Waals surface area (Å²) in [5, 5.41) is 3.37. The second kappa shape index (κ2) is 6.45. The molecule has 0 radical (unpaired) electrons. The summed E-state index contributed by atoms with van der Waals surface area (Å²) in [4.78, 5) is 6.52. The zero-order chi connectivity index (χ0) is 11.9. The lowest BCUT2D eigenvalue weighted by molar-refractivity contribution is 0.296. The number of anilines is 2. The van der Waals surface area contributed by atoms with E-state index >= 15 is 0 Å². The minimum atomic E-state index is 0.725. The van der Waals surface area contributed by atoms with Crippen molar-refractivity contribution in [3.8, 4) is 0 Å². The van der Waals surface area contributed by atoms with E-state index in [0.29, 0.717) is 0 Å². The highest BCUT2D eigenvalue weighted by Gasteiger charge is 2.08. The summed E-state index contributed by atoms with van der Waals surface area (Å²) >= 11 is 0. The Labute approximate surface area is 103 Å². The van der Waals surface area contributed by atoms with Crippen LogP contribution in [-0.4, -0.2) is 36.1 Å². The number of nitrogen functional groups attached to an aromatic ring is 1. The first-order chi connectivity index (χ1) is 8.36. The Morgan fingerprint density at radius 3 is 2.71 bits per heavy atom. The molecule has 0 unspecified atom stereocenters. The van der Waals surface area contributed by atoms with E-state index in [0.717, 1.165) is 24.5 Å². The van der Waals surface area contributed by atoms with Gasteiger partial charge in [0, 0.05) is 19.3 Å². The van der Waals surface area contributed by atoms with Crippen molar-refractivity contribution in [2.75, 3.05) is 37.2 Å². The molecule has 0 atom stereocenters. The van der Waals surface area contributed by atoms with Crippen LogP contribution in [0.2, 0.25) is 0 Å². The van der Waals surface area contributed by atoms with E-state index < -0.39 is 0 Å². The molecule has 0 saturated carbocycles. The van der Waals surface area contributed by atoms with Crippen LogP contribution in [-0.2, 0) is 0 Å². The third-order valence-electron chi connectivity index (χ3n) is 3.29. The molecule has 4 nitrogen and oxygen atoms in total. The highest BCUT2D eigenvalue weighted by Crippen LogP contribution is 2.15. The summed E-state index contributed by atoms with van der Waals surface area (Å²) in [5.74, 6) is 0. The number of aromatic nitrogens is 1. The minimum absolute atomic E-state index is 0.725. The maximum atomic E-state index is 5.83. The van der Waals surface area contributed by atoms with Crippen molar-refractivity contribution in [3.63, 3.8) is 0 Å². The van der Waals surface area contributed by atoms with Crippen LogP contribution in [0.15, 0.2) is 18.5 Å². The molecule has 0 aromatic carbocycles. The highest BCUT2D eigenvalue weighted by molar-refractivity contribution is 5.64. The van der Waals surface area contributed by atoms with E-state index in [1.54, 1.807) is 12.4 Å². The summed E-state index contributed by atoms with van der Waals surface area (Å²) < 4.78 is 0. The number of hydrogen-bond acceptors (Lipinski definition) is 4. The number of likely N-dealkylation sites (tertiary alicyclic amines) is 1. The molecule has 1 saturated heterocycles. The molecule has 1 aliphatic rings.